The van der Waals surface area contributed by atoms with Gasteiger partial charge in [0.25, 0.3) is 11.8 Å². The summed E-state index contributed by atoms with van der Waals surface area (Å²) in [5.74, 6) is 0.598. The topological polar surface area (TPSA) is 62.6 Å². The molecule has 1 aliphatic carbocycles. The molecule has 0 heterocycles. The third-order valence-electron chi connectivity index (χ3n) is 3.90. The van der Waals surface area contributed by atoms with Crippen LogP contribution >= 0.6 is 0 Å². The van der Waals surface area contributed by atoms with Crippen molar-refractivity contribution in [2.75, 3.05) is 20.1 Å². The number of rotatable bonds is 5. The largest absolute Gasteiger partial charge is 0.348 e. The minimum atomic E-state index is -0.225. The molecule has 3 N–H and O–H groups in total. The number of carbonyl (C=O) groups is 2. The molecule has 0 bridgehead atoms. The molecular weight excluding hydrogens is 266 g/mol. The molecule has 3 atom stereocenters. The molecule has 1 saturated carbocycles. The molecule has 0 aliphatic heterocycles. The van der Waals surface area contributed by atoms with E-state index in [1.54, 1.807) is 0 Å². The molecule has 1 rings (SSSR count). The first-order chi connectivity index (χ1) is 9.67. The van der Waals surface area contributed by atoms with Gasteiger partial charge in [0.15, 0.2) is 13.1 Å². The molecule has 0 aromatic carbocycles. The summed E-state index contributed by atoms with van der Waals surface area (Å²) in [4.78, 5) is 24.8. The molecule has 0 radical (unpaired) electrons. The number of amides is 2. The quantitative estimate of drug-likeness (QED) is 0.675. The predicted molar refractivity (Wildman–Crippen MR) is 84.1 cm³/mol. The maximum atomic E-state index is 12.1. The molecule has 2 amide bonds. The molecule has 0 spiro atoms. The second-order valence-electron chi connectivity index (χ2n) is 7.54. The lowest BCUT2D eigenvalue weighted by Crippen LogP contribution is -3.11. The van der Waals surface area contributed by atoms with Gasteiger partial charge < -0.3 is 15.5 Å². The van der Waals surface area contributed by atoms with E-state index in [2.05, 4.69) is 17.6 Å². The summed E-state index contributed by atoms with van der Waals surface area (Å²) < 4.78 is 0. The SMILES string of the molecule is C[C@H]1CCCC[C@@H]1NC(=O)C[NH+](C)CC(=O)NC(C)(C)C. The zero-order valence-corrected chi connectivity index (χ0v) is 14.2. The van der Waals surface area contributed by atoms with E-state index in [9.17, 15) is 9.59 Å². The molecule has 0 aromatic rings. The highest BCUT2D eigenvalue weighted by atomic mass is 16.2. The van der Waals surface area contributed by atoms with E-state index in [0.717, 1.165) is 11.3 Å². The lowest BCUT2D eigenvalue weighted by atomic mass is 9.86. The van der Waals surface area contributed by atoms with E-state index in [-0.39, 0.29) is 17.4 Å². The number of likely N-dealkylation sites (N-methyl/N-ethyl adjacent to an activating group) is 1. The molecule has 5 nitrogen and oxygen atoms in total. The molecule has 5 heteroatoms. The number of quaternary nitrogens is 1. The van der Waals surface area contributed by atoms with Crippen LogP contribution in [0.3, 0.4) is 0 Å². The lowest BCUT2D eigenvalue weighted by molar-refractivity contribution is -0.862. The second kappa shape index (κ2) is 7.78. The Bertz CT molecular complexity index is 363. The Morgan fingerprint density at radius 2 is 1.67 bits per heavy atom. The number of carbonyl (C=O) groups excluding carboxylic acids is 2. The minimum Gasteiger partial charge on any atom is -0.348 e. The van der Waals surface area contributed by atoms with Crippen molar-refractivity contribution in [3.63, 3.8) is 0 Å². The van der Waals surface area contributed by atoms with Gasteiger partial charge >= 0.3 is 0 Å². The second-order valence-corrected chi connectivity index (χ2v) is 7.54. The first kappa shape index (κ1) is 18.0. The number of hydrogen-bond acceptors (Lipinski definition) is 2. The van der Waals surface area contributed by atoms with Crippen molar-refractivity contribution in [2.24, 2.45) is 5.92 Å². The monoisotopic (exact) mass is 298 g/mol. The highest BCUT2D eigenvalue weighted by Crippen LogP contribution is 2.23. The van der Waals surface area contributed by atoms with Crippen LogP contribution in [0.5, 0.6) is 0 Å². The normalized spacial score (nSPS) is 24.2. The van der Waals surface area contributed by atoms with Crippen LogP contribution in [-0.4, -0.2) is 43.5 Å². The van der Waals surface area contributed by atoms with Crippen molar-refractivity contribution in [3.8, 4) is 0 Å². The Kier molecular flexibility index (Phi) is 6.65. The average molecular weight is 298 g/mol. The molecular formula is C16H32N3O2+. The molecule has 0 aromatic heterocycles. The third kappa shape index (κ3) is 7.46. The van der Waals surface area contributed by atoms with Crippen molar-refractivity contribution < 1.29 is 14.5 Å². The van der Waals surface area contributed by atoms with Crippen molar-refractivity contribution in [3.05, 3.63) is 0 Å². The summed E-state index contributed by atoms with van der Waals surface area (Å²) in [7, 11) is 1.88. The van der Waals surface area contributed by atoms with Crippen molar-refractivity contribution in [2.45, 2.75) is 65.0 Å². The van der Waals surface area contributed by atoms with Gasteiger partial charge in [-0.15, -0.1) is 0 Å². The van der Waals surface area contributed by atoms with Crippen molar-refractivity contribution >= 4 is 11.8 Å². The van der Waals surface area contributed by atoms with Gasteiger partial charge in [-0.1, -0.05) is 19.8 Å². The Balaban J connectivity index is 2.31. The van der Waals surface area contributed by atoms with E-state index in [0.29, 0.717) is 25.0 Å². The predicted octanol–water partition coefficient (Wildman–Crippen LogP) is 0.111. The lowest BCUT2D eigenvalue weighted by Gasteiger charge is -2.29. The Hall–Kier alpha value is -1.10. The first-order valence-electron chi connectivity index (χ1n) is 8.09. The molecule has 1 aliphatic rings. The summed E-state index contributed by atoms with van der Waals surface area (Å²) in [6.45, 7) is 8.75. The molecule has 0 saturated heterocycles. The van der Waals surface area contributed by atoms with E-state index >= 15 is 0 Å². The van der Waals surface area contributed by atoms with E-state index in [1.165, 1.54) is 19.3 Å². The molecule has 1 fully saturated rings. The Morgan fingerprint density at radius 3 is 2.24 bits per heavy atom. The highest BCUT2D eigenvalue weighted by molar-refractivity contribution is 5.79. The van der Waals surface area contributed by atoms with Gasteiger partial charge in [0, 0.05) is 11.6 Å². The standard InChI is InChI=1S/C16H31N3O2/c1-12-8-6-7-9-13(12)17-14(20)10-19(5)11-15(21)18-16(2,3)4/h12-13H,6-11H2,1-5H3,(H,17,20)(H,18,21)/p+1/t12-,13-/m0/s1. The maximum absolute atomic E-state index is 12.1. The van der Waals surface area contributed by atoms with Crippen LogP contribution in [0.4, 0.5) is 0 Å². The van der Waals surface area contributed by atoms with Crippen LogP contribution < -0.4 is 15.5 Å². The fraction of sp³-hybridized carbons (Fsp3) is 0.875. The average Bonchev–Trinajstić information content (AvgIpc) is 2.28. The fourth-order valence-electron chi connectivity index (χ4n) is 2.86. The van der Waals surface area contributed by atoms with Gasteiger partial charge in [-0.05, 0) is 39.5 Å². The highest BCUT2D eigenvalue weighted by Gasteiger charge is 2.24. The van der Waals surface area contributed by atoms with Crippen LogP contribution in [0.2, 0.25) is 0 Å². The van der Waals surface area contributed by atoms with Crippen LogP contribution in [0.1, 0.15) is 53.4 Å². The first-order valence-corrected chi connectivity index (χ1v) is 8.09. The van der Waals surface area contributed by atoms with Crippen LogP contribution in [-0.2, 0) is 9.59 Å². The van der Waals surface area contributed by atoms with E-state index in [1.807, 2.05) is 27.8 Å². The Labute approximate surface area is 128 Å². The smallest absolute Gasteiger partial charge is 0.275 e. The molecule has 122 valence electrons. The third-order valence-corrected chi connectivity index (χ3v) is 3.90. The van der Waals surface area contributed by atoms with Crippen LogP contribution in [0.25, 0.3) is 0 Å². The Morgan fingerprint density at radius 1 is 1.10 bits per heavy atom. The summed E-state index contributed by atoms with van der Waals surface area (Å²) in [5.41, 5.74) is -0.225. The van der Waals surface area contributed by atoms with Gasteiger partial charge in [-0.3, -0.25) is 9.59 Å². The van der Waals surface area contributed by atoms with Gasteiger partial charge in [0.05, 0.1) is 7.05 Å². The summed E-state index contributed by atoms with van der Waals surface area (Å²) >= 11 is 0. The zero-order valence-electron chi connectivity index (χ0n) is 14.2. The molecule has 1 unspecified atom stereocenters. The fourth-order valence-corrected chi connectivity index (χ4v) is 2.86. The zero-order chi connectivity index (χ0) is 16.0. The van der Waals surface area contributed by atoms with Gasteiger partial charge in [0.2, 0.25) is 0 Å². The van der Waals surface area contributed by atoms with E-state index < -0.39 is 0 Å². The van der Waals surface area contributed by atoms with Crippen molar-refractivity contribution in [1.82, 2.24) is 10.6 Å². The summed E-state index contributed by atoms with van der Waals surface area (Å²) in [6, 6.07) is 0.308. The number of nitrogens with one attached hydrogen (secondary N) is 3. The maximum Gasteiger partial charge on any atom is 0.275 e. The van der Waals surface area contributed by atoms with Crippen LogP contribution in [0, 0.1) is 5.92 Å². The van der Waals surface area contributed by atoms with Gasteiger partial charge in [0.1, 0.15) is 0 Å². The minimum absolute atomic E-state index is 0.0150. The van der Waals surface area contributed by atoms with E-state index in [4.69, 9.17) is 0 Å². The van der Waals surface area contributed by atoms with Gasteiger partial charge in [-0.2, -0.15) is 0 Å². The van der Waals surface area contributed by atoms with Crippen LogP contribution in [0.15, 0.2) is 0 Å². The number of hydrogen-bond donors (Lipinski definition) is 3. The summed E-state index contributed by atoms with van der Waals surface area (Å²) in [5, 5.41) is 6.05. The van der Waals surface area contributed by atoms with Gasteiger partial charge in [-0.25, -0.2) is 0 Å². The molecule has 21 heavy (non-hydrogen) atoms. The van der Waals surface area contributed by atoms with Crippen molar-refractivity contribution in [1.29, 1.82) is 0 Å². The summed E-state index contributed by atoms with van der Waals surface area (Å²) in [6.07, 6.45) is 4.75.